The number of nitrogens with one attached hydrogen (secondary N) is 1. The van der Waals surface area contributed by atoms with Gasteiger partial charge in [-0.1, -0.05) is 44.2 Å². The van der Waals surface area contributed by atoms with E-state index in [-0.39, 0.29) is 5.91 Å². The van der Waals surface area contributed by atoms with Crippen molar-refractivity contribution in [2.75, 3.05) is 13.1 Å². The van der Waals surface area contributed by atoms with Crippen LogP contribution in [0, 0.1) is 17.8 Å². The molecule has 3 nitrogen and oxygen atoms in total. The first kappa shape index (κ1) is 15.5. The molecule has 3 atom stereocenters. The lowest BCUT2D eigenvalue weighted by atomic mass is 9.97. The SMILES string of the molecule is CC(C)CC(=O)N[C@@H]1CC[C@H]2CN(Cc3ccccc3)C[C@H]21. The molecule has 0 radical (unpaired) electrons. The van der Waals surface area contributed by atoms with Gasteiger partial charge in [-0.05, 0) is 36.2 Å². The van der Waals surface area contributed by atoms with Gasteiger partial charge in [0.1, 0.15) is 0 Å². The van der Waals surface area contributed by atoms with Crippen molar-refractivity contribution in [3.8, 4) is 0 Å². The highest BCUT2D eigenvalue weighted by molar-refractivity contribution is 5.76. The maximum Gasteiger partial charge on any atom is 0.220 e. The summed E-state index contributed by atoms with van der Waals surface area (Å²) in [6.07, 6.45) is 3.09. The van der Waals surface area contributed by atoms with Crippen LogP contribution in [0.25, 0.3) is 0 Å². The number of rotatable bonds is 5. The maximum atomic E-state index is 12.0. The van der Waals surface area contributed by atoms with Crippen LogP contribution in [-0.4, -0.2) is 29.9 Å². The Bertz CT molecular complexity index is 499. The predicted molar refractivity (Wildman–Crippen MR) is 89.3 cm³/mol. The van der Waals surface area contributed by atoms with Gasteiger partial charge in [0.2, 0.25) is 5.91 Å². The molecule has 1 saturated carbocycles. The highest BCUT2D eigenvalue weighted by Gasteiger charge is 2.42. The fourth-order valence-electron chi connectivity index (χ4n) is 4.14. The third kappa shape index (κ3) is 3.70. The quantitative estimate of drug-likeness (QED) is 0.906. The zero-order valence-electron chi connectivity index (χ0n) is 13.8. The topological polar surface area (TPSA) is 32.3 Å². The van der Waals surface area contributed by atoms with Crippen molar-refractivity contribution >= 4 is 5.91 Å². The van der Waals surface area contributed by atoms with Crippen molar-refractivity contribution in [1.29, 1.82) is 0 Å². The summed E-state index contributed by atoms with van der Waals surface area (Å²) < 4.78 is 0. The smallest absolute Gasteiger partial charge is 0.220 e. The van der Waals surface area contributed by atoms with Crippen LogP contribution in [0.15, 0.2) is 30.3 Å². The summed E-state index contributed by atoms with van der Waals surface area (Å²) in [5, 5.41) is 3.30. The molecule has 1 amide bonds. The lowest BCUT2D eigenvalue weighted by molar-refractivity contribution is -0.122. The Balaban J connectivity index is 1.53. The van der Waals surface area contributed by atoms with Gasteiger partial charge in [-0.2, -0.15) is 0 Å². The fourth-order valence-corrected chi connectivity index (χ4v) is 4.14. The first-order valence-corrected chi connectivity index (χ1v) is 8.67. The molecule has 1 aliphatic heterocycles. The van der Waals surface area contributed by atoms with Crippen LogP contribution in [0.4, 0.5) is 0 Å². The molecule has 2 fully saturated rings. The largest absolute Gasteiger partial charge is 0.353 e. The Morgan fingerprint density at radius 3 is 2.73 bits per heavy atom. The van der Waals surface area contributed by atoms with Crippen molar-refractivity contribution in [1.82, 2.24) is 10.2 Å². The number of amides is 1. The number of benzene rings is 1. The second-order valence-corrected chi connectivity index (χ2v) is 7.45. The molecule has 120 valence electrons. The molecule has 1 heterocycles. The van der Waals surface area contributed by atoms with E-state index in [0.29, 0.717) is 24.3 Å². The molecule has 0 aromatic heterocycles. The minimum absolute atomic E-state index is 0.238. The molecule has 3 rings (SSSR count). The van der Waals surface area contributed by atoms with Gasteiger partial charge in [-0.3, -0.25) is 9.69 Å². The summed E-state index contributed by atoms with van der Waals surface area (Å²) in [4.78, 5) is 14.6. The average molecular weight is 300 g/mol. The summed E-state index contributed by atoms with van der Waals surface area (Å²) in [5.41, 5.74) is 1.39. The van der Waals surface area contributed by atoms with Gasteiger partial charge in [-0.15, -0.1) is 0 Å². The molecule has 0 spiro atoms. The van der Waals surface area contributed by atoms with E-state index in [1.165, 1.54) is 24.9 Å². The number of carbonyl (C=O) groups excluding carboxylic acids is 1. The molecule has 1 aromatic carbocycles. The summed E-state index contributed by atoms with van der Waals surface area (Å²) in [7, 11) is 0. The average Bonchev–Trinajstić information content (AvgIpc) is 3.01. The highest BCUT2D eigenvalue weighted by Crippen LogP contribution is 2.38. The van der Waals surface area contributed by atoms with Crippen LogP contribution in [0.1, 0.15) is 38.7 Å². The predicted octanol–water partition coefficient (Wildman–Crippen LogP) is 3.06. The van der Waals surface area contributed by atoms with Gasteiger partial charge in [0.25, 0.3) is 0 Å². The normalized spacial score (nSPS) is 28.0. The van der Waals surface area contributed by atoms with Crippen LogP contribution < -0.4 is 5.32 Å². The van der Waals surface area contributed by atoms with E-state index in [4.69, 9.17) is 0 Å². The van der Waals surface area contributed by atoms with Crippen molar-refractivity contribution in [2.24, 2.45) is 17.8 Å². The van der Waals surface area contributed by atoms with Crippen LogP contribution in [0.3, 0.4) is 0 Å². The van der Waals surface area contributed by atoms with E-state index < -0.39 is 0 Å². The summed E-state index contributed by atoms with van der Waals surface area (Å²) in [6.45, 7) is 7.57. The van der Waals surface area contributed by atoms with E-state index in [1.807, 2.05) is 0 Å². The number of hydrogen-bond acceptors (Lipinski definition) is 2. The van der Waals surface area contributed by atoms with Crippen molar-refractivity contribution < 1.29 is 4.79 Å². The monoisotopic (exact) mass is 300 g/mol. The molecule has 0 unspecified atom stereocenters. The van der Waals surface area contributed by atoms with Crippen molar-refractivity contribution in [3.63, 3.8) is 0 Å². The second-order valence-electron chi connectivity index (χ2n) is 7.45. The standard InChI is InChI=1S/C19H28N2O/c1-14(2)10-19(22)20-18-9-8-16-12-21(13-17(16)18)11-15-6-4-3-5-7-15/h3-7,14,16-18H,8-13H2,1-2H3,(H,20,22)/t16-,17+,18+/m0/s1. The Labute approximate surface area is 134 Å². The molecule has 1 saturated heterocycles. The van der Waals surface area contributed by atoms with E-state index >= 15 is 0 Å². The summed E-state index contributed by atoms with van der Waals surface area (Å²) in [5.74, 6) is 2.10. The maximum absolute atomic E-state index is 12.0. The van der Waals surface area contributed by atoms with Gasteiger partial charge < -0.3 is 5.32 Å². The van der Waals surface area contributed by atoms with E-state index in [0.717, 1.165) is 19.0 Å². The fraction of sp³-hybridized carbons (Fsp3) is 0.632. The van der Waals surface area contributed by atoms with Crippen LogP contribution in [-0.2, 0) is 11.3 Å². The third-order valence-corrected chi connectivity index (χ3v) is 5.12. The van der Waals surface area contributed by atoms with Gasteiger partial charge in [0.05, 0.1) is 0 Å². The van der Waals surface area contributed by atoms with E-state index in [1.54, 1.807) is 0 Å². The van der Waals surface area contributed by atoms with Crippen LogP contribution in [0.2, 0.25) is 0 Å². The first-order valence-electron chi connectivity index (χ1n) is 8.67. The minimum atomic E-state index is 0.238. The van der Waals surface area contributed by atoms with Crippen LogP contribution >= 0.6 is 0 Å². The van der Waals surface area contributed by atoms with Crippen molar-refractivity contribution in [2.45, 2.75) is 45.7 Å². The van der Waals surface area contributed by atoms with Crippen LogP contribution in [0.5, 0.6) is 0 Å². The Morgan fingerprint density at radius 1 is 1.23 bits per heavy atom. The molecule has 1 aliphatic carbocycles. The molecule has 0 bridgehead atoms. The lowest BCUT2D eigenvalue weighted by Crippen LogP contribution is -2.40. The Hall–Kier alpha value is -1.35. The van der Waals surface area contributed by atoms with Gasteiger partial charge in [0, 0.05) is 32.1 Å². The number of hydrogen-bond donors (Lipinski definition) is 1. The molecule has 1 aromatic rings. The molecule has 2 aliphatic rings. The minimum Gasteiger partial charge on any atom is -0.353 e. The first-order chi connectivity index (χ1) is 10.6. The number of carbonyl (C=O) groups is 1. The van der Waals surface area contributed by atoms with Gasteiger partial charge in [-0.25, -0.2) is 0 Å². The van der Waals surface area contributed by atoms with E-state index in [9.17, 15) is 4.79 Å². The van der Waals surface area contributed by atoms with Crippen molar-refractivity contribution in [3.05, 3.63) is 35.9 Å². The second kappa shape index (κ2) is 6.82. The molecule has 3 heteroatoms. The number of nitrogens with zero attached hydrogens (tertiary/aromatic N) is 1. The molecule has 22 heavy (non-hydrogen) atoms. The van der Waals surface area contributed by atoms with E-state index in [2.05, 4.69) is 54.4 Å². The van der Waals surface area contributed by atoms with Gasteiger partial charge in [0.15, 0.2) is 0 Å². The molecular weight excluding hydrogens is 272 g/mol. The summed E-state index contributed by atoms with van der Waals surface area (Å²) >= 11 is 0. The highest BCUT2D eigenvalue weighted by atomic mass is 16.1. The Kier molecular flexibility index (Phi) is 4.82. The van der Waals surface area contributed by atoms with Gasteiger partial charge >= 0.3 is 0 Å². The summed E-state index contributed by atoms with van der Waals surface area (Å²) in [6, 6.07) is 11.1. The molecular formula is C19H28N2O. The zero-order valence-corrected chi connectivity index (χ0v) is 13.8. The zero-order chi connectivity index (χ0) is 15.5. The molecule has 1 N–H and O–H groups in total. The lowest BCUT2D eigenvalue weighted by Gasteiger charge is -2.22. The Morgan fingerprint density at radius 2 is 2.00 bits per heavy atom. The number of likely N-dealkylation sites (tertiary alicyclic amines) is 1. The number of fused-ring (bicyclic) bond motifs is 1. The third-order valence-electron chi connectivity index (χ3n) is 5.12.